The van der Waals surface area contributed by atoms with Gasteiger partial charge in [0, 0.05) is 19.2 Å². The molecule has 0 aliphatic carbocycles. The lowest BCUT2D eigenvalue weighted by Crippen LogP contribution is -2.27. The molecule has 82 valence electrons. The predicted molar refractivity (Wildman–Crippen MR) is 63.3 cm³/mol. The van der Waals surface area contributed by atoms with Crippen molar-refractivity contribution in [2.45, 2.75) is 27.7 Å². The number of rotatable bonds is 2. The molecule has 0 aliphatic heterocycles. The van der Waals surface area contributed by atoms with Crippen molar-refractivity contribution in [2.75, 3.05) is 13.6 Å². The Morgan fingerprint density at radius 2 is 1.73 bits per heavy atom. The molecule has 0 saturated heterocycles. The van der Waals surface area contributed by atoms with Gasteiger partial charge in [-0.3, -0.25) is 4.79 Å². The molecule has 0 saturated carbocycles. The summed E-state index contributed by atoms with van der Waals surface area (Å²) in [5, 5.41) is 0. The van der Waals surface area contributed by atoms with Crippen LogP contribution in [0.15, 0.2) is 12.1 Å². The van der Waals surface area contributed by atoms with Crippen molar-refractivity contribution < 1.29 is 4.79 Å². The molecule has 1 aromatic carbocycles. The van der Waals surface area contributed by atoms with E-state index in [1.165, 1.54) is 5.56 Å². The lowest BCUT2D eigenvalue weighted by molar-refractivity contribution is 0.0801. The van der Waals surface area contributed by atoms with Crippen LogP contribution in [0.2, 0.25) is 0 Å². The second-order valence-electron chi connectivity index (χ2n) is 4.02. The minimum absolute atomic E-state index is 0.121. The minimum Gasteiger partial charge on any atom is -0.342 e. The number of carbonyl (C=O) groups is 1. The summed E-state index contributed by atoms with van der Waals surface area (Å²) in [6, 6.07) is 4.08. The third-order valence-electron chi connectivity index (χ3n) is 2.98. The molecule has 0 aliphatic rings. The fraction of sp³-hybridized carbons (Fsp3) is 0.462. The molecule has 0 N–H and O–H groups in total. The zero-order valence-corrected chi connectivity index (χ0v) is 10.2. The summed E-state index contributed by atoms with van der Waals surface area (Å²) < 4.78 is 0. The van der Waals surface area contributed by atoms with Crippen molar-refractivity contribution in [1.82, 2.24) is 4.90 Å². The molecule has 2 nitrogen and oxygen atoms in total. The fourth-order valence-corrected chi connectivity index (χ4v) is 1.61. The second-order valence-corrected chi connectivity index (χ2v) is 4.02. The molecule has 0 heterocycles. The number of aryl methyl sites for hydroxylation is 2. The SMILES string of the molecule is CCN(C)C(=O)c1c(C)ccc(C)c1C. The first-order valence-electron chi connectivity index (χ1n) is 5.31. The number of hydrogen-bond donors (Lipinski definition) is 0. The van der Waals surface area contributed by atoms with Crippen LogP contribution in [0.25, 0.3) is 0 Å². The van der Waals surface area contributed by atoms with Crippen LogP contribution in [0.3, 0.4) is 0 Å². The van der Waals surface area contributed by atoms with Crippen LogP contribution in [0.4, 0.5) is 0 Å². The Hall–Kier alpha value is -1.31. The standard InChI is InChI=1S/C13H19NO/c1-6-14(5)13(15)12-10(3)8-7-9(2)11(12)4/h7-8H,6H2,1-5H3. The summed E-state index contributed by atoms with van der Waals surface area (Å²) >= 11 is 0. The molecule has 1 rings (SSSR count). The normalized spacial score (nSPS) is 10.2. The summed E-state index contributed by atoms with van der Waals surface area (Å²) in [4.78, 5) is 13.8. The van der Waals surface area contributed by atoms with Crippen LogP contribution in [0.1, 0.15) is 34.0 Å². The topological polar surface area (TPSA) is 20.3 Å². The van der Waals surface area contributed by atoms with Gasteiger partial charge in [0.25, 0.3) is 5.91 Å². The molecule has 0 unspecified atom stereocenters. The first-order chi connectivity index (χ1) is 6.99. The van der Waals surface area contributed by atoms with Gasteiger partial charge in [-0.2, -0.15) is 0 Å². The van der Waals surface area contributed by atoms with Gasteiger partial charge in [-0.05, 0) is 44.4 Å². The molecule has 0 fully saturated rings. The van der Waals surface area contributed by atoms with Gasteiger partial charge in [-0.1, -0.05) is 12.1 Å². The highest BCUT2D eigenvalue weighted by molar-refractivity contribution is 5.97. The summed E-state index contributed by atoms with van der Waals surface area (Å²) in [5.74, 6) is 0.121. The number of benzene rings is 1. The molecule has 2 heteroatoms. The van der Waals surface area contributed by atoms with Gasteiger partial charge in [0.15, 0.2) is 0 Å². The van der Waals surface area contributed by atoms with E-state index in [4.69, 9.17) is 0 Å². The van der Waals surface area contributed by atoms with E-state index in [9.17, 15) is 4.79 Å². The molecule has 0 atom stereocenters. The lowest BCUT2D eigenvalue weighted by atomic mass is 9.97. The van der Waals surface area contributed by atoms with Crippen LogP contribution in [0.5, 0.6) is 0 Å². The van der Waals surface area contributed by atoms with E-state index in [0.29, 0.717) is 0 Å². The van der Waals surface area contributed by atoms with Gasteiger partial charge in [0.05, 0.1) is 0 Å². The second kappa shape index (κ2) is 4.47. The fourth-order valence-electron chi connectivity index (χ4n) is 1.61. The van der Waals surface area contributed by atoms with Gasteiger partial charge < -0.3 is 4.90 Å². The van der Waals surface area contributed by atoms with E-state index in [2.05, 4.69) is 6.07 Å². The Bertz CT molecular complexity index is 382. The molecular weight excluding hydrogens is 186 g/mol. The molecule has 1 amide bonds. The van der Waals surface area contributed by atoms with Gasteiger partial charge in [0.2, 0.25) is 0 Å². The average Bonchev–Trinajstić information content (AvgIpc) is 2.22. The number of hydrogen-bond acceptors (Lipinski definition) is 1. The molecule has 0 bridgehead atoms. The van der Waals surface area contributed by atoms with E-state index in [-0.39, 0.29) is 5.91 Å². The van der Waals surface area contributed by atoms with Gasteiger partial charge >= 0.3 is 0 Å². The highest BCUT2D eigenvalue weighted by Crippen LogP contribution is 2.18. The zero-order chi connectivity index (χ0) is 11.6. The maximum absolute atomic E-state index is 12.1. The van der Waals surface area contributed by atoms with E-state index in [1.54, 1.807) is 4.90 Å². The predicted octanol–water partition coefficient (Wildman–Crippen LogP) is 2.70. The van der Waals surface area contributed by atoms with Crippen LogP contribution in [-0.4, -0.2) is 24.4 Å². The van der Waals surface area contributed by atoms with Crippen LogP contribution in [-0.2, 0) is 0 Å². The van der Waals surface area contributed by atoms with E-state index in [1.807, 2.05) is 40.8 Å². The lowest BCUT2D eigenvalue weighted by Gasteiger charge is -2.18. The summed E-state index contributed by atoms with van der Waals surface area (Å²) in [5.41, 5.74) is 4.19. The van der Waals surface area contributed by atoms with Crippen molar-refractivity contribution in [3.8, 4) is 0 Å². The first kappa shape index (κ1) is 11.8. The number of amides is 1. The van der Waals surface area contributed by atoms with Crippen molar-refractivity contribution in [2.24, 2.45) is 0 Å². The monoisotopic (exact) mass is 205 g/mol. The maximum Gasteiger partial charge on any atom is 0.254 e. The average molecular weight is 205 g/mol. The van der Waals surface area contributed by atoms with Gasteiger partial charge in [-0.25, -0.2) is 0 Å². The first-order valence-corrected chi connectivity index (χ1v) is 5.31. The van der Waals surface area contributed by atoms with Gasteiger partial charge in [0.1, 0.15) is 0 Å². The minimum atomic E-state index is 0.121. The Balaban J connectivity index is 3.24. The molecule has 0 spiro atoms. The largest absolute Gasteiger partial charge is 0.342 e. The van der Waals surface area contributed by atoms with E-state index in [0.717, 1.165) is 23.2 Å². The maximum atomic E-state index is 12.1. The molecular formula is C13H19NO. The van der Waals surface area contributed by atoms with Crippen molar-refractivity contribution in [3.05, 3.63) is 34.4 Å². The van der Waals surface area contributed by atoms with Crippen molar-refractivity contribution in [1.29, 1.82) is 0 Å². The summed E-state index contributed by atoms with van der Waals surface area (Å²) in [7, 11) is 1.84. The van der Waals surface area contributed by atoms with Crippen LogP contribution >= 0.6 is 0 Å². The molecule has 0 radical (unpaired) electrons. The molecule has 1 aromatic rings. The number of nitrogens with zero attached hydrogens (tertiary/aromatic N) is 1. The Morgan fingerprint density at radius 3 is 2.27 bits per heavy atom. The summed E-state index contributed by atoms with van der Waals surface area (Å²) in [6.07, 6.45) is 0. The highest BCUT2D eigenvalue weighted by atomic mass is 16.2. The molecule has 0 aromatic heterocycles. The Kier molecular flexibility index (Phi) is 3.51. The zero-order valence-electron chi connectivity index (χ0n) is 10.2. The molecule has 15 heavy (non-hydrogen) atoms. The van der Waals surface area contributed by atoms with Crippen molar-refractivity contribution >= 4 is 5.91 Å². The highest BCUT2D eigenvalue weighted by Gasteiger charge is 2.16. The smallest absolute Gasteiger partial charge is 0.254 e. The summed E-state index contributed by atoms with van der Waals surface area (Å²) in [6.45, 7) is 8.77. The third kappa shape index (κ3) is 2.20. The quantitative estimate of drug-likeness (QED) is 0.727. The van der Waals surface area contributed by atoms with Crippen molar-refractivity contribution in [3.63, 3.8) is 0 Å². The number of carbonyl (C=O) groups excluding carboxylic acids is 1. The van der Waals surface area contributed by atoms with Crippen LogP contribution < -0.4 is 0 Å². The van der Waals surface area contributed by atoms with E-state index >= 15 is 0 Å². The Morgan fingerprint density at radius 1 is 1.20 bits per heavy atom. The Labute approximate surface area is 91.9 Å². The van der Waals surface area contributed by atoms with Crippen LogP contribution in [0, 0.1) is 20.8 Å². The van der Waals surface area contributed by atoms with Gasteiger partial charge in [-0.15, -0.1) is 0 Å². The van der Waals surface area contributed by atoms with E-state index < -0.39 is 0 Å². The third-order valence-corrected chi connectivity index (χ3v) is 2.98.